The Morgan fingerprint density at radius 3 is 2.76 bits per heavy atom. The summed E-state index contributed by atoms with van der Waals surface area (Å²) in [7, 11) is -2.95. The summed E-state index contributed by atoms with van der Waals surface area (Å²) in [4.78, 5) is 0. The van der Waals surface area contributed by atoms with E-state index in [0.717, 1.165) is 10.2 Å². The van der Waals surface area contributed by atoms with Crippen LogP contribution in [0.2, 0.25) is 0 Å². The molecule has 1 atom stereocenters. The molecular weight excluding hydrogens is 304 g/mol. The fraction of sp³-hybridized carbons (Fsp3) is 0.455. The van der Waals surface area contributed by atoms with Gasteiger partial charge in [0.15, 0.2) is 9.84 Å². The molecule has 94 valence electrons. The first-order valence-corrected chi connectivity index (χ1v) is 8.00. The number of nitrogens with one attached hydrogen (secondary N) is 1. The molecule has 0 aromatic heterocycles. The Balaban J connectivity index is 2.22. The van der Waals surface area contributed by atoms with Crippen molar-refractivity contribution >= 4 is 31.5 Å². The number of sulfone groups is 1. The highest BCUT2D eigenvalue weighted by atomic mass is 79.9. The number of benzene rings is 1. The van der Waals surface area contributed by atoms with Crippen LogP contribution < -0.4 is 11.1 Å². The predicted octanol–water partition coefficient (Wildman–Crippen LogP) is 1.38. The highest BCUT2D eigenvalue weighted by molar-refractivity contribution is 9.10. The first-order valence-electron chi connectivity index (χ1n) is 5.39. The van der Waals surface area contributed by atoms with E-state index >= 15 is 0 Å². The molecule has 1 aliphatic heterocycles. The van der Waals surface area contributed by atoms with Crippen molar-refractivity contribution in [2.24, 2.45) is 5.73 Å². The van der Waals surface area contributed by atoms with Crippen molar-refractivity contribution in [3.05, 3.63) is 28.7 Å². The summed E-state index contributed by atoms with van der Waals surface area (Å²) >= 11 is 3.38. The van der Waals surface area contributed by atoms with Crippen molar-refractivity contribution in [1.29, 1.82) is 0 Å². The van der Waals surface area contributed by atoms with Crippen molar-refractivity contribution < 1.29 is 8.42 Å². The third kappa shape index (κ3) is 3.00. The maximum absolute atomic E-state index is 11.6. The molecule has 4 nitrogen and oxygen atoms in total. The molecule has 1 aromatic carbocycles. The average molecular weight is 319 g/mol. The number of hydrogen-bond donors (Lipinski definition) is 2. The van der Waals surface area contributed by atoms with Gasteiger partial charge in [-0.25, -0.2) is 8.42 Å². The van der Waals surface area contributed by atoms with Crippen LogP contribution in [0, 0.1) is 0 Å². The van der Waals surface area contributed by atoms with Crippen LogP contribution in [-0.2, 0) is 9.84 Å². The minimum Gasteiger partial charge on any atom is -0.377 e. The highest BCUT2D eigenvalue weighted by Crippen LogP contribution is 2.28. The van der Waals surface area contributed by atoms with E-state index in [-0.39, 0.29) is 11.5 Å². The van der Waals surface area contributed by atoms with Gasteiger partial charge in [0.25, 0.3) is 0 Å². The SMILES string of the molecule is NCC1(Nc2cccc(Br)c2)CCS(=O)(=O)C1. The molecular formula is C11H15BrN2O2S. The molecule has 6 heteroatoms. The molecule has 1 fully saturated rings. The zero-order valence-corrected chi connectivity index (χ0v) is 11.7. The summed E-state index contributed by atoms with van der Waals surface area (Å²) in [5.41, 5.74) is 6.11. The summed E-state index contributed by atoms with van der Waals surface area (Å²) in [5, 5.41) is 3.27. The van der Waals surface area contributed by atoms with Crippen LogP contribution in [0.3, 0.4) is 0 Å². The van der Waals surface area contributed by atoms with Crippen LogP contribution in [0.15, 0.2) is 28.7 Å². The van der Waals surface area contributed by atoms with Gasteiger partial charge in [-0.05, 0) is 24.6 Å². The minimum absolute atomic E-state index is 0.114. The first-order chi connectivity index (χ1) is 7.95. The van der Waals surface area contributed by atoms with Gasteiger partial charge >= 0.3 is 0 Å². The van der Waals surface area contributed by atoms with Crippen molar-refractivity contribution in [3.8, 4) is 0 Å². The predicted molar refractivity (Wildman–Crippen MR) is 72.8 cm³/mol. The molecule has 0 spiro atoms. The van der Waals surface area contributed by atoms with Gasteiger partial charge in [0.2, 0.25) is 0 Å². The third-order valence-electron chi connectivity index (χ3n) is 3.01. The molecule has 3 N–H and O–H groups in total. The van der Waals surface area contributed by atoms with Gasteiger partial charge in [-0.1, -0.05) is 22.0 Å². The maximum atomic E-state index is 11.6. The maximum Gasteiger partial charge on any atom is 0.152 e. The second-order valence-corrected chi connectivity index (χ2v) is 7.56. The van der Waals surface area contributed by atoms with E-state index in [9.17, 15) is 8.42 Å². The van der Waals surface area contributed by atoms with Crippen LogP contribution in [0.4, 0.5) is 5.69 Å². The van der Waals surface area contributed by atoms with Crippen molar-refractivity contribution in [1.82, 2.24) is 0 Å². The Morgan fingerprint density at radius 2 is 2.24 bits per heavy atom. The van der Waals surface area contributed by atoms with Gasteiger partial charge in [-0.15, -0.1) is 0 Å². The average Bonchev–Trinajstić information content (AvgIpc) is 2.55. The van der Waals surface area contributed by atoms with Crippen LogP contribution >= 0.6 is 15.9 Å². The number of rotatable bonds is 3. The Kier molecular flexibility index (Phi) is 3.47. The molecule has 1 aliphatic rings. The van der Waals surface area contributed by atoms with E-state index in [0.29, 0.717) is 13.0 Å². The summed E-state index contributed by atoms with van der Waals surface area (Å²) < 4.78 is 24.1. The van der Waals surface area contributed by atoms with E-state index in [4.69, 9.17) is 5.73 Å². The number of nitrogens with two attached hydrogens (primary N) is 1. The second-order valence-electron chi connectivity index (χ2n) is 4.46. The molecule has 1 heterocycles. The molecule has 2 rings (SSSR count). The monoisotopic (exact) mass is 318 g/mol. The van der Waals surface area contributed by atoms with Crippen molar-refractivity contribution in [2.45, 2.75) is 12.0 Å². The van der Waals surface area contributed by atoms with Gasteiger partial charge in [0.1, 0.15) is 0 Å². The number of anilines is 1. The summed E-state index contributed by atoms with van der Waals surface area (Å²) in [6.45, 7) is 0.318. The molecule has 0 saturated carbocycles. The topological polar surface area (TPSA) is 72.2 Å². The van der Waals surface area contributed by atoms with E-state index in [1.165, 1.54) is 0 Å². The Bertz CT molecular complexity index is 518. The standard InChI is InChI=1S/C11H15BrN2O2S/c12-9-2-1-3-10(6-9)14-11(7-13)4-5-17(15,16)8-11/h1-3,6,14H,4-5,7-8,13H2. The van der Waals surface area contributed by atoms with Crippen LogP contribution in [0.1, 0.15) is 6.42 Å². The lowest BCUT2D eigenvalue weighted by Crippen LogP contribution is -2.46. The highest BCUT2D eigenvalue weighted by Gasteiger charge is 2.41. The zero-order chi connectivity index (χ0) is 12.5. The molecule has 0 aliphatic carbocycles. The Morgan fingerprint density at radius 1 is 1.47 bits per heavy atom. The molecule has 0 amide bonds. The lowest BCUT2D eigenvalue weighted by molar-refractivity contribution is 0.534. The van der Waals surface area contributed by atoms with E-state index in [2.05, 4.69) is 21.2 Å². The lowest BCUT2D eigenvalue weighted by Gasteiger charge is -2.28. The quantitative estimate of drug-likeness (QED) is 0.883. The Labute approximate surface area is 110 Å². The molecule has 17 heavy (non-hydrogen) atoms. The summed E-state index contributed by atoms with van der Waals surface area (Å²) in [6.07, 6.45) is 0.568. The fourth-order valence-corrected chi connectivity index (χ4v) is 4.52. The van der Waals surface area contributed by atoms with Gasteiger partial charge in [-0.3, -0.25) is 0 Å². The second kappa shape index (κ2) is 4.59. The number of hydrogen-bond acceptors (Lipinski definition) is 4. The normalized spacial score (nSPS) is 26.9. The van der Waals surface area contributed by atoms with E-state index < -0.39 is 15.4 Å². The van der Waals surface area contributed by atoms with Crippen molar-refractivity contribution in [2.75, 3.05) is 23.4 Å². The molecule has 1 saturated heterocycles. The van der Waals surface area contributed by atoms with Gasteiger partial charge in [0, 0.05) is 16.7 Å². The molecule has 0 radical (unpaired) electrons. The zero-order valence-electron chi connectivity index (χ0n) is 9.32. The van der Waals surface area contributed by atoms with Gasteiger partial charge in [-0.2, -0.15) is 0 Å². The number of halogens is 1. The molecule has 1 unspecified atom stereocenters. The largest absolute Gasteiger partial charge is 0.377 e. The fourth-order valence-electron chi connectivity index (χ4n) is 2.10. The molecule has 0 bridgehead atoms. The van der Waals surface area contributed by atoms with Crippen LogP contribution in [0.5, 0.6) is 0 Å². The van der Waals surface area contributed by atoms with E-state index in [1.54, 1.807) is 0 Å². The van der Waals surface area contributed by atoms with E-state index in [1.807, 2.05) is 24.3 Å². The summed E-state index contributed by atoms with van der Waals surface area (Å²) in [6, 6.07) is 7.65. The third-order valence-corrected chi connectivity index (χ3v) is 5.32. The smallest absolute Gasteiger partial charge is 0.152 e. The lowest BCUT2D eigenvalue weighted by atomic mass is 9.99. The summed E-state index contributed by atoms with van der Waals surface area (Å²) in [5.74, 6) is 0.328. The van der Waals surface area contributed by atoms with Gasteiger partial charge in [0.05, 0.1) is 17.0 Å². The van der Waals surface area contributed by atoms with Crippen LogP contribution in [-0.4, -0.2) is 32.0 Å². The molecule has 1 aromatic rings. The Hall–Kier alpha value is -0.590. The van der Waals surface area contributed by atoms with Gasteiger partial charge < -0.3 is 11.1 Å². The minimum atomic E-state index is -2.95. The first kappa shape index (κ1) is 12.9. The van der Waals surface area contributed by atoms with Crippen molar-refractivity contribution in [3.63, 3.8) is 0 Å². The van der Waals surface area contributed by atoms with Crippen LogP contribution in [0.25, 0.3) is 0 Å².